The molecule has 0 unspecified atom stereocenters. The summed E-state index contributed by atoms with van der Waals surface area (Å²) in [4.78, 5) is -1.21. The molecule has 3 aromatic carbocycles. The monoisotopic (exact) mass is 481 g/mol. The first-order chi connectivity index (χ1) is 13.5. The smallest absolute Gasteiger partial charge is 0.872 e. The predicted octanol–water partition coefficient (Wildman–Crippen LogP) is -3.47. The van der Waals surface area contributed by atoms with Gasteiger partial charge in [0, 0.05) is 12.4 Å². The summed E-state index contributed by atoms with van der Waals surface area (Å²) in [5.74, 6) is -0.700. The van der Waals surface area contributed by atoms with E-state index in [4.69, 9.17) is 0 Å². The van der Waals surface area contributed by atoms with E-state index in [0.29, 0.717) is 5.69 Å². The number of rotatable bonds is 5. The molecule has 0 spiro atoms. The molecule has 0 aliphatic rings. The molecule has 0 saturated heterocycles. The summed E-state index contributed by atoms with van der Waals surface area (Å²) < 4.78 is 66.4. The fraction of sp³-hybridized carbons (Fsp3) is 0.0588. The number of nitrogens with zero attached hydrogens (tertiary/aromatic N) is 2. The average molecular weight is 481 g/mol. The summed E-state index contributed by atoms with van der Waals surface area (Å²) in [5.41, 5.74) is 0.173. The molecule has 152 valence electrons. The Kier molecular flexibility index (Phi) is 9.66. The van der Waals surface area contributed by atoms with Crippen LogP contribution < -0.4 is 69.5 Å². The third-order valence-electron chi connectivity index (χ3n) is 4.00. The van der Waals surface area contributed by atoms with Gasteiger partial charge in [-0.2, -0.15) is 8.42 Å². The van der Waals surface area contributed by atoms with Gasteiger partial charge in [0.25, 0.3) is 10.1 Å². The zero-order chi connectivity index (χ0) is 21.4. The van der Waals surface area contributed by atoms with Crippen molar-refractivity contribution in [1.29, 1.82) is 0 Å². The van der Waals surface area contributed by atoms with Crippen molar-refractivity contribution in [3.63, 3.8) is 0 Å². The van der Waals surface area contributed by atoms with Crippen molar-refractivity contribution in [2.75, 3.05) is 12.4 Å². The molecule has 3 rings (SSSR count). The Balaban J connectivity index is 0.00000240. The quantitative estimate of drug-likeness (QED) is 0.215. The molecule has 0 aromatic heterocycles. The van der Waals surface area contributed by atoms with E-state index in [2.05, 4.69) is 15.5 Å². The van der Waals surface area contributed by atoms with Crippen LogP contribution in [0.4, 0.5) is 17.1 Å². The molecule has 0 heterocycles. The van der Waals surface area contributed by atoms with E-state index in [0.717, 1.165) is 18.2 Å². The SMILES string of the molecule is CNc1ccc2c([O-])cc(S(=O)(=O)[O-])cc2c1N=Nc1ccccc1S(=O)(=O)O.[Na+].[Na+]. The van der Waals surface area contributed by atoms with Crippen LogP contribution in [0.3, 0.4) is 0 Å². The van der Waals surface area contributed by atoms with Gasteiger partial charge >= 0.3 is 59.1 Å². The molecular weight excluding hydrogens is 468 g/mol. The van der Waals surface area contributed by atoms with E-state index in [9.17, 15) is 31.0 Å². The average Bonchev–Trinajstić information content (AvgIpc) is 2.64. The van der Waals surface area contributed by atoms with Crippen LogP contribution in [-0.2, 0) is 20.2 Å². The Morgan fingerprint density at radius 1 is 0.935 bits per heavy atom. The van der Waals surface area contributed by atoms with Crippen molar-refractivity contribution < 1.29 is 90.2 Å². The number of fused-ring (bicyclic) bond motifs is 1. The standard InChI is InChI=1S/C17H15N3O7S2.2Na/c1-18-14-7-6-11-12(8-10(9-15(11)21)28(22,23)24)17(14)20-19-13-4-2-3-5-16(13)29(25,26)27;;/h2-9,18,21H,1H3,(H,22,23,24)(H,25,26,27);;/q;2*+1/p-2. The van der Waals surface area contributed by atoms with Gasteiger partial charge in [0.1, 0.15) is 26.4 Å². The van der Waals surface area contributed by atoms with Crippen LogP contribution in [0, 0.1) is 0 Å². The van der Waals surface area contributed by atoms with Crippen molar-refractivity contribution in [3.8, 4) is 5.75 Å². The molecule has 3 aromatic rings. The van der Waals surface area contributed by atoms with Gasteiger partial charge in [0.15, 0.2) is 0 Å². The van der Waals surface area contributed by atoms with Crippen LogP contribution in [0.15, 0.2) is 68.6 Å². The summed E-state index contributed by atoms with van der Waals surface area (Å²) in [6.07, 6.45) is 0. The van der Waals surface area contributed by atoms with Crippen molar-refractivity contribution >= 4 is 48.1 Å². The minimum Gasteiger partial charge on any atom is -0.872 e. The molecular formula is C17H13N3Na2O7S2. The molecule has 0 radical (unpaired) electrons. The number of azo groups is 1. The van der Waals surface area contributed by atoms with Gasteiger partial charge < -0.3 is 15.0 Å². The molecule has 2 N–H and O–H groups in total. The molecule has 31 heavy (non-hydrogen) atoms. The Bertz CT molecular complexity index is 1360. The van der Waals surface area contributed by atoms with Crippen molar-refractivity contribution in [1.82, 2.24) is 0 Å². The van der Waals surface area contributed by atoms with Crippen molar-refractivity contribution in [3.05, 3.63) is 48.5 Å². The van der Waals surface area contributed by atoms with Gasteiger partial charge in [0.2, 0.25) is 0 Å². The Hall–Kier alpha value is -1.06. The van der Waals surface area contributed by atoms with Crippen molar-refractivity contribution in [2.24, 2.45) is 10.2 Å². The zero-order valence-electron chi connectivity index (χ0n) is 16.7. The van der Waals surface area contributed by atoms with Gasteiger partial charge in [-0.15, -0.1) is 10.2 Å². The minimum absolute atomic E-state index is 0. The van der Waals surface area contributed by atoms with Gasteiger partial charge in [0.05, 0.1) is 10.6 Å². The molecule has 0 aliphatic carbocycles. The summed E-state index contributed by atoms with van der Waals surface area (Å²) in [7, 11) is -7.93. The molecule has 0 saturated carbocycles. The Morgan fingerprint density at radius 2 is 1.58 bits per heavy atom. The van der Waals surface area contributed by atoms with Gasteiger partial charge in [-0.25, -0.2) is 8.42 Å². The topological polar surface area (TPSA) is 171 Å². The fourth-order valence-electron chi connectivity index (χ4n) is 2.68. The molecule has 0 aliphatic heterocycles. The Morgan fingerprint density at radius 3 is 2.16 bits per heavy atom. The van der Waals surface area contributed by atoms with E-state index < -0.39 is 35.8 Å². The molecule has 0 amide bonds. The fourth-order valence-corrected chi connectivity index (χ4v) is 3.81. The van der Waals surface area contributed by atoms with Gasteiger partial charge in [-0.1, -0.05) is 30.0 Å². The maximum atomic E-state index is 12.2. The second-order valence-corrected chi connectivity index (χ2v) is 8.59. The van der Waals surface area contributed by atoms with E-state index >= 15 is 0 Å². The van der Waals surface area contributed by atoms with E-state index in [-0.39, 0.29) is 81.3 Å². The molecule has 0 atom stereocenters. The number of benzene rings is 3. The van der Waals surface area contributed by atoms with Crippen LogP contribution in [0.25, 0.3) is 10.8 Å². The summed E-state index contributed by atoms with van der Waals surface area (Å²) in [6.45, 7) is 0. The normalized spacial score (nSPS) is 11.7. The molecule has 10 nitrogen and oxygen atoms in total. The van der Waals surface area contributed by atoms with E-state index in [1.165, 1.54) is 30.3 Å². The summed E-state index contributed by atoms with van der Waals surface area (Å²) >= 11 is 0. The number of hydrogen-bond acceptors (Lipinski definition) is 9. The second-order valence-electron chi connectivity index (χ2n) is 5.83. The maximum absolute atomic E-state index is 12.2. The van der Waals surface area contributed by atoms with Crippen molar-refractivity contribution in [2.45, 2.75) is 9.79 Å². The molecule has 0 fully saturated rings. The Labute approximate surface area is 222 Å². The van der Waals surface area contributed by atoms with Gasteiger partial charge in [-0.05, 0) is 29.7 Å². The minimum atomic E-state index is -4.90. The first-order valence-corrected chi connectivity index (χ1v) is 10.8. The van der Waals surface area contributed by atoms with Crippen LogP contribution in [0.5, 0.6) is 5.75 Å². The van der Waals surface area contributed by atoms with Crippen LogP contribution >= 0.6 is 0 Å². The number of hydrogen-bond donors (Lipinski definition) is 2. The van der Waals surface area contributed by atoms with Gasteiger partial charge in [-0.3, -0.25) is 4.55 Å². The third-order valence-corrected chi connectivity index (χ3v) is 5.72. The molecule has 0 bridgehead atoms. The van der Waals surface area contributed by atoms with Crippen LogP contribution in [-0.4, -0.2) is 33.0 Å². The molecule has 14 heteroatoms. The summed E-state index contributed by atoms with van der Waals surface area (Å²) in [5, 5.41) is 23.0. The van der Waals surface area contributed by atoms with Crippen LogP contribution in [0.1, 0.15) is 0 Å². The maximum Gasteiger partial charge on any atom is 1.00 e. The van der Waals surface area contributed by atoms with Crippen LogP contribution in [0.2, 0.25) is 0 Å². The van der Waals surface area contributed by atoms with E-state index in [1.807, 2.05) is 0 Å². The summed E-state index contributed by atoms with van der Waals surface area (Å²) in [6, 6.07) is 9.93. The first-order valence-electron chi connectivity index (χ1n) is 7.92. The third kappa shape index (κ3) is 6.26. The number of nitrogens with one attached hydrogen (secondary N) is 1. The number of anilines is 1. The first kappa shape index (κ1) is 28.0. The zero-order valence-corrected chi connectivity index (χ0v) is 22.4. The largest absolute Gasteiger partial charge is 1.00 e. The van der Waals surface area contributed by atoms with E-state index in [1.54, 1.807) is 7.05 Å². The predicted molar refractivity (Wildman–Crippen MR) is 101 cm³/mol. The second kappa shape index (κ2) is 10.7.